The van der Waals surface area contributed by atoms with Crippen molar-refractivity contribution in [2.45, 2.75) is 45.5 Å². The van der Waals surface area contributed by atoms with Crippen molar-refractivity contribution < 1.29 is 13.2 Å². The normalized spacial score (nSPS) is 13.7. The van der Waals surface area contributed by atoms with Gasteiger partial charge in [-0.2, -0.15) is 13.2 Å². The summed E-state index contributed by atoms with van der Waals surface area (Å²) in [6.45, 7) is 4.13. The van der Waals surface area contributed by atoms with Crippen LogP contribution in [0.1, 0.15) is 26.3 Å². The number of halogens is 3. The summed E-state index contributed by atoms with van der Waals surface area (Å²) < 4.78 is 37.5. The van der Waals surface area contributed by atoms with Crippen molar-refractivity contribution in [2.75, 3.05) is 11.4 Å². The summed E-state index contributed by atoms with van der Waals surface area (Å²) in [7, 11) is 0. The number of hydrogen-bond acceptors (Lipinski definition) is 4. The topological polar surface area (TPSA) is 55.0 Å². The number of nitrogens with two attached hydrogens (primary N) is 1. The molecule has 108 valence electrons. The molecule has 1 aromatic rings. The molecule has 1 aromatic heterocycles. The molecule has 0 aliphatic rings. The summed E-state index contributed by atoms with van der Waals surface area (Å²) in [6.07, 6.45) is -0.631. The smallest absolute Gasteiger partial charge is 0.329 e. The Bertz CT molecular complexity index is 387. The summed E-state index contributed by atoms with van der Waals surface area (Å²) in [6, 6.07) is -0.369. The first-order valence-corrected chi connectivity index (χ1v) is 6.09. The van der Waals surface area contributed by atoms with Crippen LogP contribution in [0.4, 0.5) is 19.1 Å². The fourth-order valence-corrected chi connectivity index (χ4v) is 1.65. The van der Waals surface area contributed by atoms with E-state index in [2.05, 4.69) is 9.97 Å². The van der Waals surface area contributed by atoms with Gasteiger partial charge in [0.25, 0.3) is 0 Å². The number of nitrogens with zero attached hydrogens (tertiary/aromatic N) is 3. The van der Waals surface area contributed by atoms with Crippen molar-refractivity contribution in [3.8, 4) is 0 Å². The van der Waals surface area contributed by atoms with Crippen LogP contribution >= 0.6 is 0 Å². The quantitative estimate of drug-likeness (QED) is 0.895. The average molecular weight is 276 g/mol. The molecule has 1 atom stereocenters. The Morgan fingerprint density at radius 1 is 1.21 bits per heavy atom. The molecule has 0 saturated carbocycles. The molecule has 0 aromatic carbocycles. The van der Waals surface area contributed by atoms with Gasteiger partial charge in [-0.15, -0.1) is 0 Å². The molecular weight excluding hydrogens is 257 g/mol. The van der Waals surface area contributed by atoms with E-state index in [0.717, 1.165) is 10.5 Å². The molecule has 0 bridgehead atoms. The molecule has 7 heteroatoms. The lowest BCUT2D eigenvalue weighted by molar-refractivity contribution is -0.120. The number of alkyl halides is 3. The molecule has 2 N–H and O–H groups in total. The summed E-state index contributed by atoms with van der Waals surface area (Å²) in [5.41, 5.74) is 6.45. The maximum absolute atomic E-state index is 12.5. The van der Waals surface area contributed by atoms with Crippen LogP contribution in [-0.4, -0.2) is 34.8 Å². The van der Waals surface area contributed by atoms with Crippen LogP contribution in [0.25, 0.3) is 0 Å². The summed E-state index contributed by atoms with van der Waals surface area (Å²) >= 11 is 0. The maximum atomic E-state index is 12.5. The van der Waals surface area contributed by atoms with E-state index < -0.39 is 12.7 Å². The molecule has 0 aliphatic carbocycles. The van der Waals surface area contributed by atoms with Crippen LogP contribution in [-0.2, 0) is 6.42 Å². The van der Waals surface area contributed by atoms with Gasteiger partial charge >= 0.3 is 6.18 Å². The van der Waals surface area contributed by atoms with Crippen LogP contribution in [0.2, 0.25) is 0 Å². The second kappa shape index (κ2) is 6.18. The minimum absolute atomic E-state index is 0.0363. The zero-order valence-electron chi connectivity index (χ0n) is 11.3. The SMILES string of the molecule is CC(N)Cc1cnc(N(CC(F)(F)F)C(C)C)nc1. The molecule has 19 heavy (non-hydrogen) atoms. The maximum Gasteiger partial charge on any atom is 0.406 e. The van der Waals surface area contributed by atoms with Gasteiger partial charge in [-0.25, -0.2) is 9.97 Å². The van der Waals surface area contributed by atoms with Crippen molar-refractivity contribution in [2.24, 2.45) is 5.73 Å². The highest BCUT2D eigenvalue weighted by molar-refractivity contribution is 5.31. The number of hydrogen-bond donors (Lipinski definition) is 1. The van der Waals surface area contributed by atoms with Crippen molar-refractivity contribution in [1.82, 2.24) is 9.97 Å². The molecule has 0 fully saturated rings. The summed E-state index contributed by atoms with van der Waals surface area (Å²) in [4.78, 5) is 9.11. The van der Waals surface area contributed by atoms with Crippen molar-refractivity contribution >= 4 is 5.95 Å². The standard InChI is InChI=1S/C12H19F3N4/c1-8(2)19(7-12(13,14)15)11-17-5-10(6-18-11)4-9(3)16/h5-6,8-9H,4,7,16H2,1-3H3. The van der Waals surface area contributed by atoms with E-state index in [1.165, 1.54) is 12.4 Å². The summed E-state index contributed by atoms with van der Waals surface area (Å²) in [5.74, 6) is 0.0840. The third-order valence-corrected chi connectivity index (χ3v) is 2.48. The highest BCUT2D eigenvalue weighted by Crippen LogP contribution is 2.21. The van der Waals surface area contributed by atoms with Gasteiger partial charge < -0.3 is 10.6 Å². The van der Waals surface area contributed by atoms with Gasteiger partial charge in [0.1, 0.15) is 6.54 Å². The van der Waals surface area contributed by atoms with Crippen LogP contribution < -0.4 is 10.6 Å². The second-order valence-electron chi connectivity index (χ2n) is 4.91. The Kier molecular flexibility index (Phi) is 5.11. The van der Waals surface area contributed by atoms with Crippen LogP contribution in [0.15, 0.2) is 12.4 Å². The predicted molar refractivity (Wildman–Crippen MR) is 67.9 cm³/mol. The fourth-order valence-electron chi connectivity index (χ4n) is 1.65. The monoisotopic (exact) mass is 276 g/mol. The number of aromatic nitrogens is 2. The molecule has 4 nitrogen and oxygen atoms in total. The second-order valence-corrected chi connectivity index (χ2v) is 4.91. The van der Waals surface area contributed by atoms with Crippen molar-refractivity contribution in [1.29, 1.82) is 0 Å². The van der Waals surface area contributed by atoms with Gasteiger partial charge in [0.05, 0.1) is 0 Å². The number of anilines is 1. The third-order valence-electron chi connectivity index (χ3n) is 2.48. The largest absolute Gasteiger partial charge is 0.406 e. The molecule has 1 heterocycles. The zero-order chi connectivity index (χ0) is 14.6. The van der Waals surface area contributed by atoms with E-state index in [1.54, 1.807) is 13.8 Å². The molecule has 0 saturated heterocycles. The molecule has 0 aliphatic heterocycles. The van der Waals surface area contributed by atoms with Crippen molar-refractivity contribution in [3.05, 3.63) is 18.0 Å². The van der Waals surface area contributed by atoms with Gasteiger partial charge in [-0.1, -0.05) is 0 Å². The van der Waals surface area contributed by atoms with E-state index in [9.17, 15) is 13.2 Å². The van der Waals surface area contributed by atoms with E-state index in [-0.39, 0.29) is 18.0 Å². The lowest BCUT2D eigenvalue weighted by Crippen LogP contribution is -2.40. The average Bonchev–Trinajstić information content (AvgIpc) is 2.25. The van der Waals surface area contributed by atoms with E-state index in [1.807, 2.05) is 6.92 Å². The Morgan fingerprint density at radius 3 is 2.11 bits per heavy atom. The first-order chi connectivity index (χ1) is 8.69. The molecule has 1 rings (SSSR count). The third kappa shape index (κ3) is 5.42. The predicted octanol–water partition coefficient (Wildman–Crippen LogP) is 2.14. The summed E-state index contributed by atoms with van der Waals surface area (Å²) in [5, 5.41) is 0. The van der Waals surface area contributed by atoms with Gasteiger partial charge in [0.15, 0.2) is 0 Å². The van der Waals surface area contributed by atoms with Crippen LogP contribution in [0.5, 0.6) is 0 Å². The first kappa shape index (κ1) is 15.7. The first-order valence-electron chi connectivity index (χ1n) is 6.09. The molecule has 1 unspecified atom stereocenters. The molecule has 0 spiro atoms. The van der Waals surface area contributed by atoms with Gasteiger partial charge in [0.2, 0.25) is 5.95 Å². The van der Waals surface area contributed by atoms with E-state index >= 15 is 0 Å². The fraction of sp³-hybridized carbons (Fsp3) is 0.667. The molecular formula is C12H19F3N4. The van der Waals surface area contributed by atoms with Crippen LogP contribution in [0.3, 0.4) is 0 Å². The van der Waals surface area contributed by atoms with Gasteiger partial charge in [0, 0.05) is 24.5 Å². The van der Waals surface area contributed by atoms with Crippen molar-refractivity contribution in [3.63, 3.8) is 0 Å². The molecule has 0 radical (unpaired) electrons. The van der Waals surface area contributed by atoms with Gasteiger partial charge in [-0.3, -0.25) is 0 Å². The minimum atomic E-state index is -4.28. The minimum Gasteiger partial charge on any atom is -0.329 e. The van der Waals surface area contributed by atoms with E-state index in [0.29, 0.717) is 6.42 Å². The van der Waals surface area contributed by atoms with E-state index in [4.69, 9.17) is 5.73 Å². The lowest BCUT2D eigenvalue weighted by Gasteiger charge is -2.27. The Hall–Kier alpha value is -1.37. The zero-order valence-corrected chi connectivity index (χ0v) is 11.3. The molecule has 0 amide bonds. The lowest BCUT2D eigenvalue weighted by atomic mass is 10.1. The number of rotatable bonds is 5. The van der Waals surface area contributed by atoms with Crippen LogP contribution in [0, 0.1) is 0 Å². The van der Waals surface area contributed by atoms with Gasteiger partial charge in [-0.05, 0) is 32.8 Å². The highest BCUT2D eigenvalue weighted by atomic mass is 19.4. The Balaban J connectivity index is 2.86. The Labute approximate surface area is 110 Å². The Morgan fingerprint density at radius 2 is 1.74 bits per heavy atom. The highest BCUT2D eigenvalue weighted by Gasteiger charge is 2.33.